The molecule has 0 unspecified atom stereocenters. The molecule has 0 aromatic carbocycles. The molecule has 0 bridgehead atoms. The summed E-state index contributed by atoms with van der Waals surface area (Å²) in [6, 6.07) is 4.76. The molecular formula is C23H33N5O4Si. The molecule has 0 aliphatic rings. The number of esters is 1. The Morgan fingerprint density at radius 1 is 1.18 bits per heavy atom. The molecule has 0 saturated carbocycles. The molecule has 3 aromatic heterocycles. The minimum Gasteiger partial charge on any atom is -0.481 e. The summed E-state index contributed by atoms with van der Waals surface area (Å²) in [4.78, 5) is 28.2. The molecule has 10 heteroatoms. The molecule has 0 aliphatic heterocycles. The monoisotopic (exact) mass is 471 g/mol. The number of pyridine rings is 1. The fourth-order valence-corrected chi connectivity index (χ4v) is 4.06. The van der Waals surface area contributed by atoms with Crippen LogP contribution in [0.5, 0.6) is 5.88 Å². The van der Waals surface area contributed by atoms with Crippen LogP contribution < -0.4 is 9.64 Å². The largest absolute Gasteiger partial charge is 0.481 e. The molecule has 0 saturated heterocycles. The Morgan fingerprint density at radius 3 is 2.58 bits per heavy atom. The van der Waals surface area contributed by atoms with E-state index in [2.05, 4.69) is 34.6 Å². The molecule has 3 heterocycles. The van der Waals surface area contributed by atoms with Crippen LogP contribution in [0, 0.1) is 0 Å². The summed E-state index contributed by atoms with van der Waals surface area (Å²) in [6.07, 6.45) is 3.23. The van der Waals surface area contributed by atoms with Gasteiger partial charge in [0.05, 0.1) is 30.4 Å². The van der Waals surface area contributed by atoms with E-state index in [9.17, 15) is 4.79 Å². The summed E-state index contributed by atoms with van der Waals surface area (Å²) in [5.41, 5.74) is 2.38. The van der Waals surface area contributed by atoms with Crippen LogP contribution in [0.25, 0.3) is 22.3 Å². The third-order valence-corrected chi connectivity index (χ3v) is 6.81. The zero-order valence-corrected chi connectivity index (χ0v) is 21.5. The van der Waals surface area contributed by atoms with E-state index in [-0.39, 0.29) is 6.61 Å². The van der Waals surface area contributed by atoms with Gasteiger partial charge in [0, 0.05) is 46.6 Å². The van der Waals surface area contributed by atoms with Gasteiger partial charge < -0.3 is 23.7 Å². The number of hydrogen-bond acceptors (Lipinski definition) is 8. The van der Waals surface area contributed by atoms with Gasteiger partial charge >= 0.3 is 5.97 Å². The maximum atomic E-state index is 12.8. The molecular weight excluding hydrogens is 438 g/mol. The van der Waals surface area contributed by atoms with Crippen molar-refractivity contribution in [1.82, 2.24) is 19.5 Å². The molecule has 0 N–H and O–H groups in total. The molecule has 0 amide bonds. The average molecular weight is 472 g/mol. The van der Waals surface area contributed by atoms with Gasteiger partial charge in [-0.25, -0.2) is 14.8 Å². The summed E-state index contributed by atoms with van der Waals surface area (Å²) in [5, 5.41) is 0.614. The Hall–Kier alpha value is -2.98. The SMILES string of the molecule is CCOC(=O)c1cn(COCC[Si](C)(C)C)c2ncnc(-c3cc(OC)nc(N(C)C)c3)c12. The van der Waals surface area contributed by atoms with Crippen molar-refractivity contribution in [1.29, 1.82) is 0 Å². The van der Waals surface area contributed by atoms with Crippen molar-refractivity contribution in [3.8, 4) is 17.1 Å². The molecule has 0 aliphatic carbocycles. The van der Waals surface area contributed by atoms with Crippen LogP contribution in [0.15, 0.2) is 24.7 Å². The lowest BCUT2D eigenvalue weighted by atomic mass is 10.1. The van der Waals surface area contributed by atoms with Crippen LogP contribution in [0.3, 0.4) is 0 Å². The Balaban J connectivity index is 2.11. The fourth-order valence-electron chi connectivity index (χ4n) is 3.31. The van der Waals surface area contributed by atoms with Crippen molar-refractivity contribution in [2.24, 2.45) is 0 Å². The number of methoxy groups -OCH3 is 1. The highest BCUT2D eigenvalue weighted by Gasteiger charge is 2.23. The third kappa shape index (κ3) is 5.88. The van der Waals surface area contributed by atoms with Crippen molar-refractivity contribution in [2.45, 2.75) is 39.3 Å². The first-order chi connectivity index (χ1) is 15.6. The maximum absolute atomic E-state index is 12.8. The molecule has 9 nitrogen and oxygen atoms in total. The molecule has 3 aromatic rings. The number of carbonyl (C=O) groups excluding carboxylic acids is 1. The topological polar surface area (TPSA) is 91.6 Å². The van der Waals surface area contributed by atoms with Crippen LogP contribution in [-0.2, 0) is 16.2 Å². The fraction of sp³-hybridized carbons (Fsp3) is 0.478. The minimum absolute atomic E-state index is 0.273. The normalized spacial score (nSPS) is 11.6. The number of nitrogens with zero attached hydrogens (tertiary/aromatic N) is 5. The van der Waals surface area contributed by atoms with Crippen molar-refractivity contribution >= 4 is 30.9 Å². The maximum Gasteiger partial charge on any atom is 0.340 e. The summed E-state index contributed by atoms with van der Waals surface area (Å²) >= 11 is 0. The average Bonchev–Trinajstić information content (AvgIpc) is 3.15. The van der Waals surface area contributed by atoms with Crippen LogP contribution in [0.1, 0.15) is 17.3 Å². The summed E-state index contributed by atoms with van der Waals surface area (Å²) in [5.74, 6) is 0.742. The van der Waals surface area contributed by atoms with Gasteiger partial charge in [-0.1, -0.05) is 19.6 Å². The van der Waals surface area contributed by atoms with E-state index >= 15 is 0 Å². The molecule has 178 valence electrons. The standard InChI is InChI=1S/C23H33N5O4Si/c1-8-32-23(29)17-13-28(15-31-9-10-33(5,6)7)22-20(17)21(24-14-25-22)16-11-18(27(2)3)26-19(12-16)30-4/h11-14H,8-10,15H2,1-7H3. The molecule has 0 atom stereocenters. The van der Waals surface area contributed by atoms with Crippen LogP contribution >= 0.6 is 0 Å². The van der Waals surface area contributed by atoms with Gasteiger partial charge in [0.1, 0.15) is 24.5 Å². The Kier molecular flexibility index (Phi) is 7.70. The Morgan fingerprint density at radius 2 is 1.94 bits per heavy atom. The van der Waals surface area contributed by atoms with Crippen LogP contribution in [-0.4, -0.2) is 68.0 Å². The van der Waals surface area contributed by atoms with Gasteiger partial charge in [0.2, 0.25) is 5.88 Å². The van der Waals surface area contributed by atoms with E-state index in [1.54, 1.807) is 26.3 Å². The van der Waals surface area contributed by atoms with Crippen molar-refractivity contribution in [2.75, 3.05) is 39.3 Å². The number of ether oxygens (including phenoxy) is 3. The molecule has 0 fully saturated rings. The summed E-state index contributed by atoms with van der Waals surface area (Å²) in [7, 11) is 4.17. The van der Waals surface area contributed by atoms with Gasteiger partial charge in [-0.15, -0.1) is 0 Å². The van der Waals surface area contributed by atoms with E-state index in [0.717, 1.165) is 11.6 Å². The van der Waals surface area contributed by atoms with Crippen LogP contribution in [0.4, 0.5) is 5.82 Å². The number of anilines is 1. The Labute approximate surface area is 195 Å². The minimum atomic E-state index is -1.21. The highest BCUT2D eigenvalue weighted by molar-refractivity contribution is 6.76. The van der Waals surface area contributed by atoms with Crippen molar-refractivity contribution in [3.05, 3.63) is 30.2 Å². The predicted molar refractivity (Wildman–Crippen MR) is 132 cm³/mol. The zero-order chi connectivity index (χ0) is 24.2. The summed E-state index contributed by atoms with van der Waals surface area (Å²) in [6.45, 7) is 9.94. The number of carbonyl (C=O) groups is 1. The van der Waals surface area contributed by atoms with Gasteiger partial charge in [-0.2, -0.15) is 4.98 Å². The third-order valence-electron chi connectivity index (χ3n) is 5.10. The first kappa shape index (κ1) is 24.7. The van der Waals surface area contributed by atoms with E-state index < -0.39 is 14.0 Å². The number of aromatic nitrogens is 4. The Bertz CT molecular complexity index is 1120. The number of hydrogen-bond donors (Lipinski definition) is 0. The number of fused-ring (bicyclic) bond motifs is 1. The van der Waals surface area contributed by atoms with E-state index in [0.29, 0.717) is 47.3 Å². The second kappa shape index (κ2) is 10.3. The lowest BCUT2D eigenvalue weighted by molar-refractivity contribution is 0.0527. The highest BCUT2D eigenvalue weighted by Crippen LogP contribution is 2.33. The molecule has 0 spiro atoms. The lowest BCUT2D eigenvalue weighted by Gasteiger charge is -2.16. The van der Waals surface area contributed by atoms with Gasteiger partial charge in [0.15, 0.2) is 0 Å². The summed E-state index contributed by atoms with van der Waals surface area (Å²) < 4.78 is 18.5. The molecule has 0 radical (unpaired) electrons. The van der Waals surface area contributed by atoms with Crippen molar-refractivity contribution < 1.29 is 19.0 Å². The zero-order valence-electron chi connectivity index (χ0n) is 20.5. The second-order valence-corrected chi connectivity index (χ2v) is 14.8. The lowest BCUT2D eigenvalue weighted by Crippen LogP contribution is -2.22. The second-order valence-electron chi connectivity index (χ2n) is 9.15. The first-order valence-corrected chi connectivity index (χ1v) is 14.7. The van der Waals surface area contributed by atoms with Crippen LogP contribution in [0.2, 0.25) is 25.7 Å². The smallest absolute Gasteiger partial charge is 0.340 e. The number of rotatable bonds is 10. The van der Waals surface area contributed by atoms with Gasteiger partial charge in [0.25, 0.3) is 0 Å². The van der Waals surface area contributed by atoms with E-state index in [1.807, 2.05) is 29.6 Å². The first-order valence-electron chi connectivity index (χ1n) is 11.0. The van der Waals surface area contributed by atoms with Gasteiger partial charge in [-0.05, 0) is 19.0 Å². The van der Waals surface area contributed by atoms with E-state index in [1.165, 1.54) is 6.33 Å². The quantitative estimate of drug-likeness (QED) is 0.248. The predicted octanol–water partition coefficient (Wildman–Crippen LogP) is 4.06. The van der Waals surface area contributed by atoms with Crippen molar-refractivity contribution in [3.63, 3.8) is 0 Å². The highest BCUT2D eigenvalue weighted by atomic mass is 28.3. The molecule has 3 rings (SSSR count). The van der Waals surface area contributed by atoms with Gasteiger partial charge in [-0.3, -0.25) is 0 Å². The molecule has 33 heavy (non-hydrogen) atoms. The van der Waals surface area contributed by atoms with E-state index in [4.69, 9.17) is 14.2 Å².